The first kappa shape index (κ1) is 14.2. The van der Waals surface area contributed by atoms with Crippen molar-refractivity contribution in [2.24, 2.45) is 0 Å². The van der Waals surface area contributed by atoms with Crippen LogP contribution in [0, 0.1) is 0 Å². The van der Waals surface area contributed by atoms with Crippen LogP contribution in [-0.4, -0.2) is 16.1 Å². The van der Waals surface area contributed by atoms with Crippen LogP contribution in [0.25, 0.3) is 10.9 Å². The minimum absolute atomic E-state index is 0.148. The molecule has 1 aromatic heterocycles. The summed E-state index contributed by atoms with van der Waals surface area (Å²) in [6.45, 7) is 0.498. The van der Waals surface area contributed by atoms with Crippen LogP contribution in [-0.2, 0) is 17.8 Å². The first-order valence-corrected chi connectivity index (χ1v) is 7.21. The van der Waals surface area contributed by atoms with Gasteiger partial charge in [-0.25, -0.2) is 0 Å². The Morgan fingerprint density at radius 1 is 1.09 bits per heavy atom. The van der Waals surface area contributed by atoms with Crippen LogP contribution in [0.4, 0.5) is 0 Å². The molecule has 22 heavy (non-hydrogen) atoms. The van der Waals surface area contributed by atoms with Crippen molar-refractivity contribution < 1.29 is 14.6 Å². The van der Waals surface area contributed by atoms with Crippen molar-refractivity contribution in [3.05, 3.63) is 65.9 Å². The largest absolute Gasteiger partial charge is 0.489 e. The highest BCUT2D eigenvalue weighted by molar-refractivity contribution is 5.82. The minimum atomic E-state index is -0.778. The summed E-state index contributed by atoms with van der Waals surface area (Å²) in [5, 5.41) is 9.85. The van der Waals surface area contributed by atoms with E-state index >= 15 is 0 Å². The fraction of sp³-hybridized carbons (Fsp3) is 0.167. The number of aryl methyl sites for hydroxylation is 1. The molecule has 0 atom stereocenters. The number of carboxylic acid groups (broad SMARTS) is 1. The Bertz CT molecular complexity index is 774. The number of aromatic amines is 1. The van der Waals surface area contributed by atoms with E-state index < -0.39 is 5.97 Å². The first-order chi connectivity index (χ1) is 10.7. The van der Waals surface area contributed by atoms with Crippen LogP contribution in [0.15, 0.2) is 54.7 Å². The predicted octanol–water partition coefficient (Wildman–Crippen LogP) is 3.76. The molecule has 0 aliphatic rings. The van der Waals surface area contributed by atoms with Gasteiger partial charge in [0.1, 0.15) is 12.4 Å². The Morgan fingerprint density at radius 2 is 1.86 bits per heavy atom. The van der Waals surface area contributed by atoms with Gasteiger partial charge in [-0.15, -0.1) is 0 Å². The van der Waals surface area contributed by atoms with Gasteiger partial charge >= 0.3 is 5.97 Å². The van der Waals surface area contributed by atoms with Gasteiger partial charge in [0.2, 0.25) is 0 Å². The van der Waals surface area contributed by atoms with E-state index in [0.29, 0.717) is 13.0 Å². The molecule has 4 nitrogen and oxygen atoms in total. The molecule has 0 spiro atoms. The number of ether oxygens (including phenoxy) is 1. The predicted molar refractivity (Wildman–Crippen MR) is 85.0 cm³/mol. The molecule has 3 aromatic rings. The lowest BCUT2D eigenvalue weighted by Crippen LogP contribution is -1.98. The zero-order valence-electron chi connectivity index (χ0n) is 12.1. The third-order valence-electron chi connectivity index (χ3n) is 3.62. The normalized spacial score (nSPS) is 10.7. The molecule has 0 bridgehead atoms. The number of carbonyl (C=O) groups is 1. The molecular weight excluding hydrogens is 278 g/mol. The van der Waals surface area contributed by atoms with Crippen molar-refractivity contribution in [1.29, 1.82) is 0 Å². The molecule has 0 aliphatic carbocycles. The van der Waals surface area contributed by atoms with E-state index in [1.54, 1.807) is 0 Å². The number of para-hydroxylation sites is 1. The monoisotopic (exact) mass is 295 g/mol. The van der Waals surface area contributed by atoms with Crippen molar-refractivity contribution in [2.45, 2.75) is 19.4 Å². The van der Waals surface area contributed by atoms with Crippen molar-refractivity contribution in [3.63, 3.8) is 0 Å². The third-order valence-corrected chi connectivity index (χ3v) is 3.62. The summed E-state index contributed by atoms with van der Waals surface area (Å²) < 4.78 is 5.80. The number of hydrogen-bond donors (Lipinski definition) is 2. The maximum Gasteiger partial charge on any atom is 0.303 e. The molecule has 1 heterocycles. The standard InChI is InChI=1S/C18H17NO3/c20-18(21)10-7-13-5-8-15(9-6-13)22-12-14-11-19-17-4-2-1-3-16(14)17/h1-6,8-9,11,19H,7,10,12H2,(H,20,21). The van der Waals surface area contributed by atoms with Gasteiger partial charge in [0, 0.05) is 29.1 Å². The van der Waals surface area contributed by atoms with Crippen molar-refractivity contribution in [1.82, 2.24) is 4.98 Å². The average Bonchev–Trinajstić information content (AvgIpc) is 2.95. The Balaban J connectivity index is 1.63. The van der Waals surface area contributed by atoms with E-state index in [4.69, 9.17) is 9.84 Å². The molecule has 0 unspecified atom stereocenters. The van der Waals surface area contributed by atoms with Crippen LogP contribution in [0.2, 0.25) is 0 Å². The first-order valence-electron chi connectivity index (χ1n) is 7.21. The SMILES string of the molecule is O=C(O)CCc1ccc(OCc2c[nH]c3ccccc23)cc1. The van der Waals surface area contributed by atoms with Gasteiger partial charge in [-0.3, -0.25) is 4.79 Å². The lowest BCUT2D eigenvalue weighted by atomic mass is 10.1. The second kappa shape index (κ2) is 6.35. The van der Waals surface area contributed by atoms with Gasteiger partial charge < -0.3 is 14.8 Å². The second-order valence-corrected chi connectivity index (χ2v) is 5.19. The lowest BCUT2D eigenvalue weighted by molar-refractivity contribution is -0.136. The van der Waals surface area contributed by atoms with E-state index in [1.807, 2.05) is 48.7 Å². The quantitative estimate of drug-likeness (QED) is 0.727. The highest BCUT2D eigenvalue weighted by Gasteiger charge is 2.04. The molecule has 112 valence electrons. The molecule has 4 heteroatoms. The molecule has 0 amide bonds. The highest BCUT2D eigenvalue weighted by atomic mass is 16.5. The molecule has 0 saturated heterocycles. The van der Waals surface area contributed by atoms with Gasteiger partial charge in [-0.1, -0.05) is 30.3 Å². The Morgan fingerprint density at radius 3 is 2.64 bits per heavy atom. The summed E-state index contributed by atoms with van der Waals surface area (Å²) in [6, 6.07) is 15.7. The van der Waals surface area contributed by atoms with Gasteiger partial charge in [-0.2, -0.15) is 0 Å². The number of aromatic nitrogens is 1. The van der Waals surface area contributed by atoms with Crippen LogP contribution in [0.3, 0.4) is 0 Å². The Kier molecular flexibility index (Phi) is 4.10. The van der Waals surface area contributed by atoms with Crippen LogP contribution >= 0.6 is 0 Å². The summed E-state index contributed by atoms with van der Waals surface area (Å²) in [6.07, 6.45) is 2.65. The molecule has 2 N–H and O–H groups in total. The highest BCUT2D eigenvalue weighted by Crippen LogP contribution is 2.20. The van der Waals surface area contributed by atoms with Crippen LogP contribution in [0.1, 0.15) is 17.5 Å². The van der Waals surface area contributed by atoms with Crippen molar-refractivity contribution >= 4 is 16.9 Å². The molecule has 0 saturated carbocycles. The molecule has 0 fully saturated rings. The second-order valence-electron chi connectivity index (χ2n) is 5.19. The topological polar surface area (TPSA) is 62.3 Å². The van der Waals surface area contributed by atoms with Gasteiger partial charge in [0.25, 0.3) is 0 Å². The number of aliphatic carboxylic acids is 1. The number of carboxylic acids is 1. The Hall–Kier alpha value is -2.75. The third kappa shape index (κ3) is 3.28. The fourth-order valence-electron chi connectivity index (χ4n) is 2.42. The average molecular weight is 295 g/mol. The van der Waals surface area contributed by atoms with Gasteiger partial charge in [0.15, 0.2) is 0 Å². The number of fused-ring (bicyclic) bond motifs is 1. The Labute approximate surface area is 128 Å². The number of hydrogen-bond acceptors (Lipinski definition) is 2. The smallest absolute Gasteiger partial charge is 0.303 e. The maximum absolute atomic E-state index is 10.6. The van der Waals surface area contributed by atoms with E-state index in [2.05, 4.69) is 11.1 Å². The number of H-pyrrole nitrogens is 1. The van der Waals surface area contributed by atoms with E-state index in [0.717, 1.165) is 22.4 Å². The molecule has 0 aliphatic heterocycles. The van der Waals surface area contributed by atoms with Crippen LogP contribution in [0.5, 0.6) is 5.75 Å². The van der Waals surface area contributed by atoms with Crippen molar-refractivity contribution in [3.8, 4) is 5.75 Å². The van der Waals surface area contributed by atoms with Gasteiger partial charge in [0.05, 0.1) is 0 Å². The molecule has 3 rings (SSSR count). The number of benzene rings is 2. The lowest BCUT2D eigenvalue weighted by Gasteiger charge is -2.06. The summed E-state index contributed by atoms with van der Waals surface area (Å²) >= 11 is 0. The molecule has 0 radical (unpaired) electrons. The van der Waals surface area contributed by atoms with Gasteiger partial charge in [-0.05, 0) is 30.2 Å². The van der Waals surface area contributed by atoms with E-state index in [9.17, 15) is 4.79 Å². The maximum atomic E-state index is 10.6. The zero-order chi connectivity index (χ0) is 15.4. The van der Waals surface area contributed by atoms with Crippen LogP contribution < -0.4 is 4.74 Å². The molecule has 2 aromatic carbocycles. The van der Waals surface area contributed by atoms with E-state index in [1.165, 1.54) is 5.39 Å². The summed E-state index contributed by atoms with van der Waals surface area (Å²) in [4.78, 5) is 13.8. The molecular formula is C18H17NO3. The fourth-order valence-corrected chi connectivity index (χ4v) is 2.42. The van der Waals surface area contributed by atoms with E-state index in [-0.39, 0.29) is 6.42 Å². The minimum Gasteiger partial charge on any atom is -0.489 e. The summed E-state index contributed by atoms with van der Waals surface area (Å²) in [5.74, 6) is 0.00372. The number of nitrogens with one attached hydrogen (secondary N) is 1. The summed E-state index contributed by atoms with van der Waals surface area (Å²) in [7, 11) is 0. The zero-order valence-corrected chi connectivity index (χ0v) is 12.1. The summed E-state index contributed by atoms with van der Waals surface area (Å²) in [5.41, 5.74) is 3.22. The number of rotatable bonds is 6. The van der Waals surface area contributed by atoms with Crippen molar-refractivity contribution in [2.75, 3.05) is 0 Å².